The smallest absolute Gasteiger partial charge is 0.407 e. The van der Waals surface area contributed by atoms with Gasteiger partial charge in [-0.2, -0.15) is 0 Å². The highest BCUT2D eigenvalue weighted by Gasteiger charge is 2.33. The molecule has 2 rings (SSSR count). The van der Waals surface area contributed by atoms with Crippen LogP contribution in [0.5, 0.6) is 0 Å². The predicted octanol–water partition coefficient (Wildman–Crippen LogP) is 3.35. The van der Waals surface area contributed by atoms with Gasteiger partial charge in [0.1, 0.15) is 6.10 Å². The van der Waals surface area contributed by atoms with Crippen molar-refractivity contribution in [1.82, 2.24) is 5.32 Å². The Morgan fingerprint density at radius 1 is 1.35 bits per heavy atom. The zero-order chi connectivity index (χ0) is 14.5. The summed E-state index contributed by atoms with van der Waals surface area (Å²) in [5.74, 6) is 1.72. The topological polar surface area (TPSA) is 47.6 Å². The molecule has 4 heteroatoms. The summed E-state index contributed by atoms with van der Waals surface area (Å²) in [6.45, 7) is 8.09. The number of amides is 1. The summed E-state index contributed by atoms with van der Waals surface area (Å²) >= 11 is 0. The van der Waals surface area contributed by atoms with Crippen molar-refractivity contribution in [3.05, 3.63) is 0 Å². The average Bonchev–Trinajstić information content (AvgIpc) is 2.89. The quantitative estimate of drug-likeness (QED) is 0.860. The van der Waals surface area contributed by atoms with Gasteiger partial charge in [-0.1, -0.05) is 27.2 Å². The minimum Gasteiger partial charge on any atom is -0.446 e. The summed E-state index contributed by atoms with van der Waals surface area (Å²) in [5.41, 5.74) is 0. The average molecular weight is 283 g/mol. The van der Waals surface area contributed by atoms with Crippen LogP contribution in [0.1, 0.15) is 52.9 Å². The highest BCUT2D eigenvalue weighted by molar-refractivity contribution is 5.67. The van der Waals surface area contributed by atoms with Gasteiger partial charge in [-0.05, 0) is 43.4 Å². The molecule has 1 amide bonds. The second kappa shape index (κ2) is 7.30. The van der Waals surface area contributed by atoms with Gasteiger partial charge in [0.25, 0.3) is 0 Å². The van der Waals surface area contributed by atoms with E-state index in [1.807, 2.05) is 0 Å². The third kappa shape index (κ3) is 4.37. The normalized spacial score (nSPS) is 34.2. The van der Waals surface area contributed by atoms with Gasteiger partial charge < -0.3 is 14.8 Å². The lowest BCUT2D eigenvalue weighted by Gasteiger charge is -2.36. The molecule has 0 aromatic heterocycles. The fourth-order valence-electron chi connectivity index (χ4n) is 3.43. The van der Waals surface area contributed by atoms with Gasteiger partial charge >= 0.3 is 6.09 Å². The molecule has 1 saturated heterocycles. The van der Waals surface area contributed by atoms with Gasteiger partial charge in [0.05, 0.1) is 6.10 Å². The van der Waals surface area contributed by atoms with E-state index in [1.165, 1.54) is 12.8 Å². The van der Waals surface area contributed by atoms with E-state index < -0.39 is 0 Å². The number of rotatable bonds is 4. The number of nitrogens with one attached hydrogen (secondary N) is 1. The van der Waals surface area contributed by atoms with Crippen molar-refractivity contribution in [3.63, 3.8) is 0 Å². The van der Waals surface area contributed by atoms with Crippen LogP contribution >= 0.6 is 0 Å². The summed E-state index contributed by atoms with van der Waals surface area (Å²) in [6, 6.07) is 0. The molecule has 0 bridgehead atoms. The molecule has 1 saturated carbocycles. The molecule has 2 fully saturated rings. The van der Waals surface area contributed by atoms with Crippen molar-refractivity contribution in [2.24, 2.45) is 17.8 Å². The van der Waals surface area contributed by atoms with E-state index in [0.29, 0.717) is 24.3 Å². The maximum absolute atomic E-state index is 12.0. The maximum Gasteiger partial charge on any atom is 0.407 e. The molecule has 0 aromatic carbocycles. The first-order chi connectivity index (χ1) is 9.56. The molecule has 2 aliphatic rings. The summed E-state index contributed by atoms with van der Waals surface area (Å²) in [4.78, 5) is 12.0. The molecule has 4 unspecified atom stereocenters. The summed E-state index contributed by atoms with van der Waals surface area (Å²) in [6.07, 6.45) is 5.52. The number of hydrogen-bond donors (Lipinski definition) is 1. The lowest BCUT2D eigenvalue weighted by atomic mass is 9.75. The van der Waals surface area contributed by atoms with Crippen molar-refractivity contribution in [2.45, 2.75) is 65.1 Å². The Bertz CT molecular complexity index is 313. The third-order valence-corrected chi connectivity index (χ3v) is 4.72. The van der Waals surface area contributed by atoms with Crippen LogP contribution in [-0.2, 0) is 9.47 Å². The van der Waals surface area contributed by atoms with Gasteiger partial charge in [-0.25, -0.2) is 4.79 Å². The fourth-order valence-corrected chi connectivity index (χ4v) is 3.43. The Hall–Kier alpha value is -0.770. The van der Waals surface area contributed by atoms with Crippen LogP contribution in [0.15, 0.2) is 0 Å². The van der Waals surface area contributed by atoms with E-state index >= 15 is 0 Å². The van der Waals surface area contributed by atoms with E-state index in [9.17, 15) is 4.79 Å². The second-order valence-electron chi connectivity index (χ2n) is 6.79. The summed E-state index contributed by atoms with van der Waals surface area (Å²) in [5, 5.41) is 2.86. The molecule has 116 valence electrons. The predicted molar refractivity (Wildman–Crippen MR) is 78.6 cm³/mol. The van der Waals surface area contributed by atoms with E-state index in [-0.39, 0.29) is 18.3 Å². The molecular formula is C16H29NO3. The molecule has 4 atom stereocenters. The van der Waals surface area contributed by atoms with Crippen molar-refractivity contribution in [2.75, 3.05) is 13.2 Å². The van der Waals surface area contributed by atoms with Crippen LogP contribution in [-0.4, -0.2) is 31.5 Å². The van der Waals surface area contributed by atoms with Gasteiger partial charge in [-0.15, -0.1) is 0 Å². The van der Waals surface area contributed by atoms with E-state index in [2.05, 4.69) is 26.1 Å². The number of hydrogen-bond acceptors (Lipinski definition) is 3. The zero-order valence-corrected chi connectivity index (χ0v) is 13.1. The number of carbonyl (C=O) groups excluding carboxylic acids is 1. The second-order valence-corrected chi connectivity index (χ2v) is 6.79. The molecule has 4 nitrogen and oxygen atoms in total. The van der Waals surface area contributed by atoms with Gasteiger partial charge in [0, 0.05) is 13.2 Å². The van der Waals surface area contributed by atoms with Gasteiger partial charge in [0.15, 0.2) is 0 Å². The molecule has 0 radical (unpaired) electrons. The van der Waals surface area contributed by atoms with Crippen molar-refractivity contribution in [1.29, 1.82) is 0 Å². The van der Waals surface area contributed by atoms with Crippen molar-refractivity contribution < 1.29 is 14.3 Å². The van der Waals surface area contributed by atoms with Crippen molar-refractivity contribution in [3.8, 4) is 0 Å². The van der Waals surface area contributed by atoms with E-state index in [0.717, 1.165) is 25.9 Å². The van der Waals surface area contributed by atoms with Crippen LogP contribution in [0.25, 0.3) is 0 Å². The molecule has 1 aliphatic carbocycles. The molecule has 0 spiro atoms. The highest BCUT2D eigenvalue weighted by Crippen LogP contribution is 2.35. The Morgan fingerprint density at radius 2 is 2.15 bits per heavy atom. The first-order valence-corrected chi connectivity index (χ1v) is 8.12. The Labute approximate surface area is 122 Å². The van der Waals surface area contributed by atoms with E-state index in [1.54, 1.807) is 0 Å². The Morgan fingerprint density at radius 3 is 2.80 bits per heavy atom. The molecule has 1 N–H and O–H groups in total. The minimum atomic E-state index is -0.273. The summed E-state index contributed by atoms with van der Waals surface area (Å²) in [7, 11) is 0. The molecule has 1 heterocycles. The Kier molecular flexibility index (Phi) is 5.70. The summed E-state index contributed by atoms with van der Waals surface area (Å²) < 4.78 is 11.2. The fraction of sp³-hybridized carbons (Fsp3) is 0.938. The molecule has 20 heavy (non-hydrogen) atoms. The molecular weight excluding hydrogens is 254 g/mol. The van der Waals surface area contributed by atoms with Crippen LogP contribution in [0.4, 0.5) is 4.79 Å². The SMILES string of the molecule is CC1CCC(C(C)C)C(OC(=O)NCC2CCCO2)C1. The number of ether oxygens (including phenoxy) is 2. The van der Waals surface area contributed by atoms with Crippen LogP contribution < -0.4 is 5.32 Å². The largest absolute Gasteiger partial charge is 0.446 e. The van der Waals surface area contributed by atoms with E-state index in [4.69, 9.17) is 9.47 Å². The number of alkyl carbamates (subject to hydrolysis) is 1. The standard InChI is InChI=1S/C16H29NO3/c1-11(2)14-7-6-12(3)9-15(14)20-16(18)17-10-13-5-4-8-19-13/h11-15H,4-10H2,1-3H3,(H,17,18). The van der Waals surface area contributed by atoms with Crippen LogP contribution in [0, 0.1) is 17.8 Å². The first-order valence-electron chi connectivity index (χ1n) is 8.12. The van der Waals surface area contributed by atoms with Crippen molar-refractivity contribution >= 4 is 6.09 Å². The van der Waals surface area contributed by atoms with Crippen LogP contribution in [0.3, 0.4) is 0 Å². The van der Waals surface area contributed by atoms with Gasteiger partial charge in [-0.3, -0.25) is 0 Å². The first kappa shape index (κ1) is 15.6. The minimum absolute atomic E-state index is 0.0725. The molecule has 1 aliphatic heterocycles. The van der Waals surface area contributed by atoms with Gasteiger partial charge in [0.2, 0.25) is 0 Å². The monoisotopic (exact) mass is 283 g/mol. The third-order valence-electron chi connectivity index (χ3n) is 4.72. The van der Waals surface area contributed by atoms with Crippen LogP contribution in [0.2, 0.25) is 0 Å². The zero-order valence-electron chi connectivity index (χ0n) is 13.1. The lowest BCUT2D eigenvalue weighted by Crippen LogP contribution is -2.40. The Balaban J connectivity index is 1.77. The lowest BCUT2D eigenvalue weighted by molar-refractivity contribution is 0.00431. The number of carbonyl (C=O) groups is 1. The maximum atomic E-state index is 12.0. The highest BCUT2D eigenvalue weighted by atomic mass is 16.6. The molecule has 0 aromatic rings.